The van der Waals surface area contributed by atoms with Crippen molar-refractivity contribution < 1.29 is 18.0 Å². The minimum Gasteiger partial charge on any atom is -0.325 e. The number of aryl methyl sites for hydroxylation is 1. The standard InChI is InChI=1S/C19H15ClF3N5OS/c1-10-25-26-18-28(10)27-15(11-5-3-2-4-6-11)16(30-18)17(29)24-12-7-8-14(20)13(9-12)19(21,22)23/h2-9,15-16,27H,1H3,(H,24,29)/t15-,16-/m1/s1. The second-order valence-corrected chi connectivity index (χ2v) is 8.12. The number of rotatable bonds is 3. The Morgan fingerprint density at radius 1 is 1.20 bits per heavy atom. The van der Waals surface area contributed by atoms with Crippen LogP contribution in [0.15, 0.2) is 53.7 Å². The van der Waals surface area contributed by atoms with Crippen molar-refractivity contribution in [1.29, 1.82) is 0 Å². The lowest BCUT2D eigenvalue weighted by atomic mass is 10.0. The van der Waals surface area contributed by atoms with E-state index in [1.165, 1.54) is 17.8 Å². The maximum absolute atomic E-state index is 13.1. The van der Waals surface area contributed by atoms with Crippen molar-refractivity contribution in [3.05, 3.63) is 70.5 Å². The molecule has 6 nitrogen and oxygen atoms in total. The van der Waals surface area contributed by atoms with Crippen molar-refractivity contribution >= 4 is 35.0 Å². The first-order chi connectivity index (χ1) is 14.2. The molecule has 1 aliphatic rings. The van der Waals surface area contributed by atoms with Gasteiger partial charge in [0.15, 0.2) is 0 Å². The van der Waals surface area contributed by atoms with Gasteiger partial charge in [-0.05, 0) is 30.7 Å². The Hall–Kier alpha value is -2.72. The van der Waals surface area contributed by atoms with E-state index in [4.69, 9.17) is 11.6 Å². The quantitative estimate of drug-likeness (QED) is 0.603. The molecule has 2 atom stereocenters. The number of carbonyl (C=O) groups is 1. The monoisotopic (exact) mass is 453 g/mol. The summed E-state index contributed by atoms with van der Waals surface area (Å²) in [5.41, 5.74) is 3.07. The second-order valence-electron chi connectivity index (χ2n) is 6.60. The van der Waals surface area contributed by atoms with Gasteiger partial charge in [-0.25, -0.2) is 4.68 Å². The van der Waals surface area contributed by atoms with E-state index in [1.807, 2.05) is 30.3 Å². The van der Waals surface area contributed by atoms with Crippen LogP contribution in [0.5, 0.6) is 0 Å². The van der Waals surface area contributed by atoms with E-state index in [0.29, 0.717) is 11.0 Å². The summed E-state index contributed by atoms with van der Waals surface area (Å²) >= 11 is 6.85. The topological polar surface area (TPSA) is 71.8 Å². The van der Waals surface area contributed by atoms with Crippen LogP contribution in [0.1, 0.15) is 23.0 Å². The fraction of sp³-hybridized carbons (Fsp3) is 0.211. The summed E-state index contributed by atoms with van der Waals surface area (Å²) in [4.78, 5) is 13.1. The molecule has 2 aromatic carbocycles. The number of thioether (sulfide) groups is 1. The molecule has 0 bridgehead atoms. The number of aromatic nitrogens is 3. The molecular weight excluding hydrogens is 439 g/mol. The fourth-order valence-corrected chi connectivity index (χ4v) is 4.45. The van der Waals surface area contributed by atoms with E-state index in [0.717, 1.165) is 17.7 Å². The minimum absolute atomic E-state index is 0.00681. The van der Waals surface area contributed by atoms with Crippen molar-refractivity contribution in [3.8, 4) is 0 Å². The second kappa shape index (κ2) is 7.84. The first kappa shape index (κ1) is 20.5. The molecule has 0 saturated carbocycles. The first-order valence-electron chi connectivity index (χ1n) is 8.82. The smallest absolute Gasteiger partial charge is 0.325 e. The Kier molecular flexibility index (Phi) is 5.37. The number of alkyl halides is 3. The van der Waals surface area contributed by atoms with Crippen molar-refractivity contribution in [2.45, 2.75) is 29.5 Å². The number of carbonyl (C=O) groups excluding carboxylic acids is 1. The number of benzene rings is 2. The highest BCUT2D eigenvalue weighted by Crippen LogP contribution is 2.39. The SMILES string of the molecule is Cc1nnc2n1N[C@H](c1ccccc1)[C@H](C(=O)Nc1ccc(Cl)c(C(F)(F)F)c1)S2. The van der Waals surface area contributed by atoms with E-state index in [2.05, 4.69) is 20.9 Å². The molecule has 1 aliphatic heterocycles. The van der Waals surface area contributed by atoms with E-state index < -0.39 is 34.0 Å². The molecule has 1 aromatic heterocycles. The number of nitrogens with one attached hydrogen (secondary N) is 2. The fourth-order valence-electron chi connectivity index (χ4n) is 3.10. The number of halogens is 4. The van der Waals surface area contributed by atoms with Crippen LogP contribution in [-0.2, 0) is 11.0 Å². The van der Waals surface area contributed by atoms with Gasteiger partial charge in [0.25, 0.3) is 0 Å². The van der Waals surface area contributed by atoms with E-state index in [9.17, 15) is 18.0 Å². The Bertz CT molecular complexity index is 1090. The van der Waals surface area contributed by atoms with Crippen LogP contribution in [0, 0.1) is 6.92 Å². The Morgan fingerprint density at radius 2 is 1.93 bits per heavy atom. The van der Waals surface area contributed by atoms with Crippen LogP contribution in [0.3, 0.4) is 0 Å². The summed E-state index contributed by atoms with van der Waals surface area (Å²) < 4.78 is 41.1. The van der Waals surface area contributed by atoms with Gasteiger partial charge in [-0.15, -0.1) is 10.2 Å². The van der Waals surface area contributed by atoms with E-state index in [1.54, 1.807) is 11.6 Å². The molecule has 0 unspecified atom stereocenters. The van der Waals surface area contributed by atoms with Gasteiger partial charge in [0.1, 0.15) is 11.1 Å². The predicted octanol–water partition coefficient (Wildman–Crippen LogP) is 4.66. The van der Waals surface area contributed by atoms with Gasteiger partial charge in [-0.1, -0.05) is 53.7 Å². The molecule has 0 saturated heterocycles. The molecule has 2 heterocycles. The van der Waals surface area contributed by atoms with Gasteiger partial charge >= 0.3 is 6.18 Å². The molecule has 11 heteroatoms. The molecule has 0 spiro atoms. The van der Waals surface area contributed by atoms with Gasteiger partial charge in [-0.3, -0.25) is 4.79 Å². The average Bonchev–Trinajstić information content (AvgIpc) is 3.08. The minimum atomic E-state index is -4.63. The highest BCUT2D eigenvalue weighted by Gasteiger charge is 2.38. The molecule has 4 rings (SSSR count). The summed E-state index contributed by atoms with van der Waals surface area (Å²) in [6.45, 7) is 1.78. The third kappa shape index (κ3) is 3.97. The molecular formula is C19H15ClF3N5OS. The molecule has 1 amide bonds. The van der Waals surface area contributed by atoms with Crippen molar-refractivity contribution in [3.63, 3.8) is 0 Å². The Labute approximate surface area is 178 Å². The highest BCUT2D eigenvalue weighted by molar-refractivity contribution is 8.00. The number of hydrogen-bond donors (Lipinski definition) is 2. The predicted molar refractivity (Wildman–Crippen MR) is 108 cm³/mol. The van der Waals surface area contributed by atoms with Crippen molar-refractivity contribution in [2.75, 3.05) is 10.7 Å². The lowest BCUT2D eigenvalue weighted by Crippen LogP contribution is -2.41. The molecule has 0 radical (unpaired) electrons. The zero-order valence-corrected chi connectivity index (χ0v) is 17.0. The number of hydrogen-bond acceptors (Lipinski definition) is 5. The van der Waals surface area contributed by atoms with Crippen molar-refractivity contribution in [2.24, 2.45) is 0 Å². The zero-order chi connectivity index (χ0) is 21.5. The van der Waals surface area contributed by atoms with Crippen LogP contribution in [0.4, 0.5) is 18.9 Å². The lowest BCUT2D eigenvalue weighted by molar-refractivity contribution is -0.137. The molecule has 2 N–H and O–H groups in total. The number of fused-ring (bicyclic) bond motifs is 1. The van der Waals surface area contributed by atoms with Crippen LogP contribution < -0.4 is 10.7 Å². The summed E-state index contributed by atoms with van der Waals surface area (Å²) in [5, 5.41) is 9.99. The maximum atomic E-state index is 13.1. The van der Waals surface area contributed by atoms with Gasteiger partial charge in [0.2, 0.25) is 11.1 Å². The lowest BCUT2D eigenvalue weighted by Gasteiger charge is -2.32. The summed E-state index contributed by atoms with van der Waals surface area (Å²) in [5.74, 6) is 0.161. The number of amides is 1. The third-order valence-electron chi connectivity index (χ3n) is 4.55. The molecule has 0 fully saturated rings. The molecule has 156 valence electrons. The van der Waals surface area contributed by atoms with Gasteiger partial charge in [-0.2, -0.15) is 13.2 Å². The van der Waals surface area contributed by atoms with Crippen LogP contribution >= 0.6 is 23.4 Å². The number of anilines is 1. The van der Waals surface area contributed by atoms with E-state index >= 15 is 0 Å². The van der Waals surface area contributed by atoms with Crippen LogP contribution in [0.2, 0.25) is 5.02 Å². The van der Waals surface area contributed by atoms with Gasteiger partial charge < -0.3 is 10.7 Å². The van der Waals surface area contributed by atoms with Crippen molar-refractivity contribution in [1.82, 2.24) is 14.9 Å². The van der Waals surface area contributed by atoms with Crippen LogP contribution in [0.25, 0.3) is 0 Å². The summed E-state index contributed by atoms with van der Waals surface area (Å²) in [6.07, 6.45) is -4.63. The zero-order valence-electron chi connectivity index (χ0n) is 15.4. The molecule has 30 heavy (non-hydrogen) atoms. The summed E-state index contributed by atoms with van der Waals surface area (Å²) in [6, 6.07) is 12.1. The van der Waals surface area contributed by atoms with Gasteiger partial charge in [0.05, 0.1) is 16.6 Å². The number of nitrogens with zero attached hydrogens (tertiary/aromatic N) is 3. The highest BCUT2D eigenvalue weighted by atomic mass is 35.5. The summed E-state index contributed by atoms with van der Waals surface area (Å²) in [7, 11) is 0. The Balaban J connectivity index is 1.65. The molecule has 0 aliphatic carbocycles. The van der Waals surface area contributed by atoms with Gasteiger partial charge in [0, 0.05) is 5.69 Å². The third-order valence-corrected chi connectivity index (χ3v) is 6.10. The largest absolute Gasteiger partial charge is 0.417 e. The maximum Gasteiger partial charge on any atom is 0.417 e. The Morgan fingerprint density at radius 3 is 2.63 bits per heavy atom. The average molecular weight is 454 g/mol. The van der Waals surface area contributed by atoms with E-state index in [-0.39, 0.29) is 5.69 Å². The molecule has 3 aromatic rings. The first-order valence-corrected chi connectivity index (χ1v) is 10.1. The van der Waals surface area contributed by atoms with Crippen LogP contribution in [-0.4, -0.2) is 26.0 Å². The normalized spacial score (nSPS) is 18.4.